The van der Waals surface area contributed by atoms with Gasteiger partial charge in [0.2, 0.25) is 0 Å². The third-order valence-electron chi connectivity index (χ3n) is 7.37. The van der Waals surface area contributed by atoms with Crippen molar-refractivity contribution in [2.75, 3.05) is 0 Å². The summed E-state index contributed by atoms with van der Waals surface area (Å²) >= 11 is 0. The Labute approximate surface area is 237 Å². The Kier molecular flexibility index (Phi) is 10.3. The predicted molar refractivity (Wildman–Crippen MR) is 169 cm³/mol. The molecule has 2 nitrogen and oxygen atoms in total. The van der Waals surface area contributed by atoms with Gasteiger partial charge in [-0.2, -0.15) is 0 Å². The van der Waals surface area contributed by atoms with Crippen LogP contribution < -0.4 is 0 Å². The Morgan fingerprint density at radius 3 is 1.67 bits per heavy atom. The smallest absolute Gasteiger partial charge is 0.0953 e. The molecule has 194 valence electrons. The van der Waals surface area contributed by atoms with Crippen molar-refractivity contribution in [2.45, 2.75) is 37.3 Å². The number of benzene rings is 4. The highest BCUT2D eigenvalue weighted by Gasteiger charge is 2.35. The van der Waals surface area contributed by atoms with Gasteiger partial charge < -0.3 is 4.57 Å². The van der Waals surface area contributed by atoms with Crippen LogP contribution in [0.5, 0.6) is 0 Å². The molecule has 0 unspecified atom stereocenters. The van der Waals surface area contributed by atoms with Crippen LogP contribution in [0.15, 0.2) is 152 Å². The van der Waals surface area contributed by atoms with E-state index in [2.05, 4.69) is 121 Å². The van der Waals surface area contributed by atoms with E-state index in [4.69, 9.17) is 7.85 Å². The predicted octanol–water partition coefficient (Wildman–Crippen LogP) is 7.52. The number of rotatable bonds is 9. The van der Waals surface area contributed by atoms with Gasteiger partial charge in [0.1, 0.15) is 0 Å². The molecule has 0 amide bonds. The fraction of sp³-hybridized carbons (Fsp3) is 0.171. The summed E-state index contributed by atoms with van der Waals surface area (Å²) in [4.78, 5) is 4.37. The number of imidazole rings is 1. The van der Waals surface area contributed by atoms with Crippen molar-refractivity contribution in [3.05, 3.63) is 174 Å². The lowest BCUT2D eigenvalue weighted by Gasteiger charge is -2.37. The van der Waals surface area contributed by atoms with E-state index in [-0.39, 0.29) is 11.0 Å². The van der Waals surface area contributed by atoms with Crippen molar-refractivity contribution in [1.29, 1.82) is 0 Å². The van der Waals surface area contributed by atoms with Gasteiger partial charge in [-0.25, -0.2) is 4.98 Å². The van der Waals surface area contributed by atoms with E-state index in [1.165, 1.54) is 29.2 Å². The third-order valence-corrected chi connectivity index (χ3v) is 9.98. The van der Waals surface area contributed by atoms with Gasteiger partial charge in [-0.3, -0.25) is 0 Å². The average molecular weight is 525 g/mol. The standard InChI is InChI=1S/C22H26N2Si.C13H11B/c1-3-19(2)14-17-25-22(24-16-15-23-18-24,20-10-6-4-7-11-20)21-12-8-5-9-13-21;14-13(11-7-3-1-4-8-11)12-9-5-2-6-10-12/h3-13,15-16,18H,14,17,25H2,1-2H3;1-10,13H. The zero-order valence-corrected chi connectivity index (χ0v) is 24.4. The Hall–Kier alpha value is -3.89. The molecule has 4 aromatic carbocycles. The topological polar surface area (TPSA) is 17.8 Å². The van der Waals surface area contributed by atoms with Crippen LogP contribution in [-0.2, 0) is 5.16 Å². The highest BCUT2D eigenvalue weighted by Crippen LogP contribution is 2.34. The zero-order chi connectivity index (χ0) is 27.3. The van der Waals surface area contributed by atoms with Gasteiger partial charge in [0.25, 0.3) is 0 Å². The second kappa shape index (κ2) is 14.3. The molecular weight excluding hydrogens is 487 g/mol. The van der Waals surface area contributed by atoms with E-state index < -0.39 is 9.52 Å². The van der Waals surface area contributed by atoms with Crippen LogP contribution >= 0.6 is 0 Å². The minimum absolute atomic E-state index is 0.0163. The molecule has 5 rings (SSSR count). The van der Waals surface area contributed by atoms with E-state index in [0.29, 0.717) is 0 Å². The first kappa shape index (κ1) is 28.1. The second-order valence-electron chi connectivity index (χ2n) is 9.85. The average Bonchev–Trinajstić information content (AvgIpc) is 3.56. The largest absolute Gasteiger partial charge is 0.327 e. The molecule has 0 fully saturated rings. The van der Waals surface area contributed by atoms with Gasteiger partial charge >= 0.3 is 0 Å². The number of hydrogen-bond acceptors (Lipinski definition) is 1. The molecule has 39 heavy (non-hydrogen) atoms. The van der Waals surface area contributed by atoms with E-state index in [0.717, 1.165) is 11.1 Å². The third kappa shape index (κ3) is 7.16. The van der Waals surface area contributed by atoms with Crippen LogP contribution in [0.25, 0.3) is 0 Å². The minimum Gasteiger partial charge on any atom is -0.327 e. The lowest BCUT2D eigenvalue weighted by Crippen LogP contribution is -2.41. The maximum atomic E-state index is 6.12. The molecule has 5 aromatic rings. The summed E-state index contributed by atoms with van der Waals surface area (Å²) in [6, 6.07) is 43.4. The van der Waals surface area contributed by atoms with Gasteiger partial charge in [-0.15, -0.1) is 0 Å². The summed E-state index contributed by atoms with van der Waals surface area (Å²) in [6.45, 7) is 4.37. The lowest BCUT2D eigenvalue weighted by molar-refractivity contribution is 0.590. The van der Waals surface area contributed by atoms with Crippen molar-refractivity contribution < 1.29 is 0 Å². The van der Waals surface area contributed by atoms with Gasteiger partial charge in [-0.1, -0.05) is 139 Å². The molecule has 0 N–H and O–H groups in total. The Balaban J connectivity index is 0.000000212. The molecular formula is C35H37BN2Si. The van der Waals surface area contributed by atoms with Gasteiger partial charge in [0.15, 0.2) is 0 Å². The van der Waals surface area contributed by atoms with Crippen LogP contribution in [0.3, 0.4) is 0 Å². The highest BCUT2D eigenvalue weighted by molar-refractivity contribution is 6.41. The lowest BCUT2D eigenvalue weighted by atomic mass is 9.76. The van der Waals surface area contributed by atoms with Crippen LogP contribution in [0, 0.1) is 0 Å². The molecule has 0 aliphatic rings. The van der Waals surface area contributed by atoms with E-state index >= 15 is 0 Å². The Morgan fingerprint density at radius 1 is 0.795 bits per heavy atom. The molecule has 0 aliphatic carbocycles. The molecule has 0 saturated carbocycles. The first-order chi connectivity index (χ1) is 19.1. The summed E-state index contributed by atoms with van der Waals surface area (Å²) in [7, 11) is 5.60. The van der Waals surface area contributed by atoms with Crippen molar-refractivity contribution >= 4 is 17.4 Å². The quantitative estimate of drug-likeness (QED) is 0.144. The molecule has 4 heteroatoms. The summed E-state index contributed by atoms with van der Waals surface area (Å²) in [5.74, 6) is -0.0163. The summed E-state index contributed by atoms with van der Waals surface area (Å²) in [5, 5.41) is -0.0902. The summed E-state index contributed by atoms with van der Waals surface area (Å²) in [6.07, 6.45) is 9.41. The Morgan fingerprint density at radius 2 is 1.26 bits per heavy atom. The van der Waals surface area contributed by atoms with Crippen LogP contribution in [0.2, 0.25) is 6.04 Å². The molecule has 0 aliphatic heterocycles. The molecule has 0 atom stereocenters. The molecule has 1 heterocycles. The van der Waals surface area contributed by atoms with Crippen molar-refractivity contribution in [1.82, 2.24) is 9.55 Å². The van der Waals surface area contributed by atoms with Crippen LogP contribution in [0.1, 0.15) is 48.3 Å². The number of hydrogen-bond donors (Lipinski definition) is 0. The summed E-state index contributed by atoms with van der Waals surface area (Å²) in [5.41, 5.74) is 6.51. The molecule has 0 saturated heterocycles. The van der Waals surface area contributed by atoms with E-state index in [1.54, 1.807) is 0 Å². The zero-order valence-electron chi connectivity index (χ0n) is 23.0. The normalized spacial score (nSPS) is 11.9. The fourth-order valence-electron chi connectivity index (χ4n) is 5.08. The van der Waals surface area contributed by atoms with Crippen molar-refractivity contribution in [3.63, 3.8) is 0 Å². The molecule has 0 spiro atoms. The van der Waals surface area contributed by atoms with E-state index in [9.17, 15) is 0 Å². The second-order valence-corrected chi connectivity index (χ2v) is 12.1. The Bertz CT molecular complexity index is 1310. The van der Waals surface area contributed by atoms with Crippen LogP contribution in [-0.4, -0.2) is 26.9 Å². The van der Waals surface area contributed by atoms with E-state index in [1.807, 2.05) is 48.9 Å². The molecule has 0 bridgehead atoms. The monoisotopic (exact) mass is 524 g/mol. The van der Waals surface area contributed by atoms with Crippen molar-refractivity contribution in [3.8, 4) is 0 Å². The minimum atomic E-state index is -0.517. The molecule has 1 aromatic heterocycles. The first-order valence-corrected chi connectivity index (χ1v) is 15.4. The first-order valence-electron chi connectivity index (χ1n) is 13.7. The van der Waals surface area contributed by atoms with Gasteiger partial charge in [0.05, 0.1) is 28.9 Å². The number of aromatic nitrogens is 2. The maximum absolute atomic E-state index is 6.12. The highest BCUT2D eigenvalue weighted by atomic mass is 28.2. The maximum Gasteiger partial charge on any atom is 0.0953 e. The number of nitrogens with zero attached hydrogens (tertiary/aromatic N) is 2. The van der Waals surface area contributed by atoms with Crippen LogP contribution in [0.4, 0.5) is 0 Å². The van der Waals surface area contributed by atoms with Crippen molar-refractivity contribution in [2.24, 2.45) is 0 Å². The molecule has 2 radical (unpaired) electrons. The number of allylic oxidation sites excluding steroid dienone is 2. The van der Waals surface area contributed by atoms with Gasteiger partial charge in [0, 0.05) is 12.4 Å². The SMILES string of the molecule is CC=C(C)CC[SiH2]C(c1ccccc1)(c1ccccc1)n1ccnc1.[B]C(c1ccccc1)c1ccccc1. The summed E-state index contributed by atoms with van der Waals surface area (Å²) < 4.78 is 2.33. The van der Waals surface area contributed by atoms with Gasteiger partial charge in [-0.05, 0) is 48.3 Å². The fourth-order valence-corrected chi connectivity index (χ4v) is 7.82.